The summed E-state index contributed by atoms with van der Waals surface area (Å²) in [6.45, 7) is 4.12. The van der Waals surface area contributed by atoms with Gasteiger partial charge in [0.15, 0.2) is 0 Å². The first kappa shape index (κ1) is 11.2. The second-order valence-electron chi connectivity index (χ2n) is 3.39. The van der Waals surface area contributed by atoms with Gasteiger partial charge >= 0.3 is 0 Å². The largest absolute Gasteiger partial charge is 0.393 e. The number of hydrogen-bond donors (Lipinski definition) is 1. The molecule has 1 N–H and O–H groups in total. The molecule has 1 rings (SSSR count). The molecule has 3 heteroatoms. The molecule has 0 bridgehead atoms. The van der Waals surface area contributed by atoms with Crippen molar-refractivity contribution in [3.05, 3.63) is 20.8 Å². The molecule has 0 saturated heterocycles. The van der Waals surface area contributed by atoms with E-state index in [0.29, 0.717) is 5.92 Å². The minimum Gasteiger partial charge on any atom is -0.393 e. The quantitative estimate of drug-likeness (QED) is 0.882. The molecular formula is C10H15BrOS. The van der Waals surface area contributed by atoms with Crippen LogP contribution < -0.4 is 0 Å². The van der Waals surface area contributed by atoms with Crippen molar-refractivity contribution in [3.8, 4) is 0 Å². The van der Waals surface area contributed by atoms with Crippen LogP contribution in [0.4, 0.5) is 0 Å². The van der Waals surface area contributed by atoms with Gasteiger partial charge in [0.25, 0.3) is 0 Å². The molecule has 0 aromatic carbocycles. The predicted octanol–water partition coefficient (Wildman–Crippen LogP) is 3.46. The van der Waals surface area contributed by atoms with Gasteiger partial charge in [0, 0.05) is 14.7 Å². The highest BCUT2D eigenvalue weighted by molar-refractivity contribution is 9.10. The van der Waals surface area contributed by atoms with Crippen LogP contribution in [0, 0.1) is 5.92 Å². The molecule has 0 amide bonds. The SMILES string of the molecule is CCC(O)C(C)Cc1cc(Br)cs1. The van der Waals surface area contributed by atoms with E-state index in [-0.39, 0.29) is 6.10 Å². The van der Waals surface area contributed by atoms with Crippen LogP contribution in [0.15, 0.2) is 15.9 Å². The third-order valence-electron chi connectivity index (χ3n) is 2.22. The molecule has 13 heavy (non-hydrogen) atoms. The van der Waals surface area contributed by atoms with Crippen molar-refractivity contribution in [1.29, 1.82) is 0 Å². The maximum atomic E-state index is 9.59. The van der Waals surface area contributed by atoms with Gasteiger partial charge in [-0.25, -0.2) is 0 Å². The van der Waals surface area contributed by atoms with Crippen LogP contribution in [0.25, 0.3) is 0 Å². The first-order chi connectivity index (χ1) is 6.13. The highest BCUT2D eigenvalue weighted by atomic mass is 79.9. The third-order valence-corrected chi connectivity index (χ3v) is 3.94. The van der Waals surface area contributed by atoms with Crippen molar-refractivity contribution in [3.63, 3.8) is 0 Å². The Morgan fingerprint density at radius 3 is 2.77 bits per heavy atom. The smallest absolute Gasteiger partial charge is 0.0566 e. The Balaban J connectivity index is 2.49. The Morgan fingerprint density at radius 1 is 1.62 bits per heavy atom. The van der Waals surface area contributed by atoms with E-state index in [4.69, 9.17) is 0 Å². The third kappa shape index (κ3) is 3.41. The maximum absolute atomic E-state index is 9.59. The first-order valence-corrected chi connectivity index (χ1v) is 6.21. The van der Waals surface area contributed by atoms with Gasteiger partial charge in [-0.2, -0.15) is 0 Å². The van der Waals surface area contributed by atoms with E-state index in [0.717, 1.165) is 17.3 Å². The molecule has 0 aliphatic heterocycles. The molecule has 1 heterocycles. The van der Waals surface area contributed by atoms with Crippen LogP contribution in [-0.2, 0) is 6.42 Å². The summed E-state index contributed by atoms with van der Waals surface area (Å²) < 4.78 is 1.14. The van der Waals surface area contributed by atoms with Crippen LogP contribution in [0.2, 0.25) is 0 Å². The topological polar surface area (TPSA) is 20.2 Å². The Hall–Kier alpha value is 0.140. The van der Waals surface area contributed by atoms with Gasteiger partial charge in [-0.15, -0.1) is 11.3 Å². The van der Waals surface area contributed by atoms with Gasteiger partial charge in [0.2, 0.25) is 0 Å². The van der Waals surface area contributed by atoms with Gasteiger partial charge in [-0.05, 0) is 40.8 Å². The van der Waals surface area contributed by atoms with Gasteiger partial charge in [-0.3, -0.25) is 0 Å². The lowest BCUT2D eigenvalue weighted by Crippen LogP contribution is -2.17. The van der Waals surface area contributed by atoms with Gasteiger partial charge in [0.1, 0.15) is 0 Å². The fraction of sp³-hybridized carbons (Fsp3) is 0.600. The standard InChI is InChI=1S/C10H15BrOS/c1-3-10(12)7(2)4-9-5-8(11)6-13-9/h5-7,10,12H,3-4H2,1-2H3. The average Bonchev–Trinajstić information content (AvgIpc) is 2.49. The summed E-state index contributed by atoms with van der Waals surface area (Å²) in [5, 5.41) is 11.7. The van der Waals surface area contributed by atoms with E-state index in [1.165, 1.54) is 4.88 Å². The minimum atomic E-state index is -0.166. The zero-order valence-electron chi connectivity index (χ0n) is 7.96. The summed E-state index contributed by atoms with van der Waals surface area (Å²) >= 11 is 5.17. The second-order valence-corrected chi connectivity index (χ2v) is 5.30. The predicted molar refractivity (Wildman–Crippen MR) is 61.2 cm³/mol. The molecule has 0 fully saturated rings. The van der Waals surface area contributed by atoms with E-state index in [9.17, 15) is 5.11 Å². The average molecular weight is 263 g/mol. The molecule has 2 atom stereocenters. The monoisotopic (exact) mass is 262 g/mol. The van der Waals surface area contributed by atoms with Crippen LogP contribution in [-0.4, -0.2) is 11.2 Å². The lowest BCUT2D eigenvalue weighted by atomic mass is 9.98. The first-order valence-electron chi connectivity index (χ1n) is 4.54. The molecule has 74 valence electrons. The molecular weight excluding hydrogens is 248 g/mol. The number of aliphatic hydroxyl groups is 1. The van der Waals surface area contributed by atoms with Crippen molar-refractivity contribution in [2.24, 2.45) is 5.92 Å². The Bertz CT molecular complexity index is 259. The van der Waals surface area contributed by atoms with Crippen molar-refractivity contribution in [2.45, 2.75) is 32.8 Å². The zero-order valence-corrected chi connectivity index (χ0v) is 10.4. The molecule has 0 spiro atoms. The van der Waals surface area contributed by atoms with Gasteiger partial charge < -0.3 is 5.11 Å². The molecule has 2 unspecified atom stereocenters. The Kier molecular flexibility index (Phi) is 4.42. The Morgan fingerprint density at radius 2 is 2.31 bits per heavy atom. The molecule has 0 aliphatic carbocycles. The van der Waals surface area contributed by atoms with Crippen LogP contribution in [0.1, 0.15) is 25.1 Å². The van der Waals surface area contributed by atoms with Crippen molar-refractivity contribution >= 4 is 27.3 Å². The number of thiophene rings is 1. The number of halogens is 1. The van der Waals surface area contributed by atoms with E-state index < -0.39 is 0 Å². The number of aliphatic hydroxyl groups excluding tert-OH is 1. The molecule has 1 aromatic rings. The summed E-state index contributed by atoms with van der Waals surface area (Å²) in [7, 11) is 0. The lowest BCUT2D eigenvalue weighted by Gasteiger charge is -2.15. The molecule has 1 aromatic heterocycles. The van der Waals surface area contributed by atoms with Crippen molar-refractivity contribution in [1.82, 2.24) is 0 Å². The zero-order chi connectivity index (χ0) is 9.84. The number of hydrogen-bond acceptors (Lipinski definition) is 2. The van der Waals surface area contributed by atoms with Crippen molar-refractivity contribution < 1.29 is 5.11 Å². The number of rotatable bonds is 4. The fourth-order valence-electron chi connectivity index (χ4n) is 1.32. The molecule has 0 saturated carbocycles. The maximum Gasteiger partial charge on any atom is 0.0566 e. The summed E-state index contributed by atoms with van der Waals surface area (Å²) in [5.74, 6) is 0.357. The normalized spacial score (nSPS) is 15.7. The highest BCUT2D eigenvalue weighted by Gasteiger charge is 2.13. The Labute approximate surface area is 91.9 Å². The molecule has 1 nitrogen and oxygen atoms in total. The van der Waals surface area contributed by atoms with Crippen molar-refractivity contribution in [2.75, 3.05) is 0 Å². The van der Waals surface area contributed by atoms with Crippen LogP contribution in [0.3, 0.4) is 0 Å². The van der Waals surface area contributed by atoms with Crippen LogP contribution in [0.5, 0.6) is 0 Å². The van der Waals surface area contributed by atoms with Gasteiger partial charge in [0.05, 0.1) is 6.10 Å². The summed E-state index contributed by atoms with van der Waals surface area (Å²) in [6, 6.07) is 2.13. The van der Waals surface area contributed by atoms with E-state index in [2.05, 4.69) is 34.3 Å². The van der Waals surface area contributed by atoms with E-state index in [1.807, 2.05) is 6.92 Å². The second kappa shape index (κ2) is 5.13. The van der Waals surface area contributed by atoms with Crippen LogP contribution >= 0.6 is 27.3 Å². The summed E-state index contributed by atoms with van der Waals surface area (Å²) in [6.07, 6.45) is 1.65. The summed E-state index contributed by atoms with van der Waals surface area (Å²) in [4.78, 5) is 1.34. The fourth-order valence-corrected chi connectivity index (χ4v) is 2.91. The lowest BCUT2D eigenvalue weighted by molar-refractivity contribution is 0.113. The van der Waals surface area contributed by atoms with E-state index in [1.54, 1.807) is 11.3 Å². The molecule has 0 radical (unpaired) electrons. The summed E-state index contributed by atoms with van der Waals surface area (Å²) in [5.41, 5.74) is 0. The highest BCUT2D eigenvalue weighted by Crippen LogP contribution is 2.23. The van der Waals surface area contributed by atoms with E-state index >= 15 is 0 Å². The minimum absolute atomic E-state index is 0.166. The van der Waals surface area contributed by atoms with Gasteiger partial charge in [-0.1, -0.05) is 13.8 Å². The molecule has 0 aliphatic rings.